The number of piperazine rings is 1. The fourth-order valence-corrected chi connectivity index (χ4v) is 4.19. The summed E-state index contributed by atoms with van der Waals surface area (Å²) in [5.74, 6) is 0.895. The lowest BCUT2D eigenvalue weighted by atomic mass is 10.1. The minimum Gasteiger partial charge on any atom is -0.497 e. The first-order valence-corrected chi connectivity index (χ1v) is 10.4. The van der Waals surface area contributed by atoms with Gasteiger partial charge in [-0.15, -0.1) is 0 Å². The van der Waals surface area contributed by atoms with Gasteiger partial charge in [0.2, 0.25) is 4.77 Å². The maximum absolute atomic E-state index is 5.72. The summed E-state index contributed by atoms with van der Waals surface area (Å²) >= 11 is 5.72. The van der Waals surface area contributed by atoms with Crippen molar-refractivity contribution in [2.75, 3.05) is 38.2 Å². The second-order valence-corrected chi connectivity index (χ2v) is 8.03. The Morgan fingerprint density at radius 2 is 1.79 bits per heavy atom. The number of nitrogens with one attached hydrogen (secondary N) is 1. The van der Waals surface area contributed by atoms with Gasteiger partial charge >= 0.3 is 0 Å². The van der Waals surface area contributed by atoms with Crippen LogP contribution in [-0.2, 0) is 6.67 Å². The zero-order chi connectivity index (χ0) is 20.4. The minimum atomic E-state index is 0.752. The summed E-state index contributed by atoms with van der Waals surface area (Å²) < 4.78 is 9.97. The Morgan fingerprint density at radius 1 is 1.07 bits per heavy atom. The van der Waals surface area contributed by atoms with Crippen molar-refractivity contribution in [3.63, 3.8) is 0 Å². The Kier molecular flexibility index (Phi) is 5.69. The van der Waals surface area contributed by atoms with E-state index in [9.17, 15) is 0 Å². The van der Waals surface area contributed by atoms with Crippen molar-refractivity contribution in [2.24, 2.45) is 0 Å². The molecule has 1 N–H and O–H groups in total. The van der Waals surface area contributed by atoms with Gasteiger partial charge in [-0.05, 0) is 62.0 Å². The summed E-state index contributed by atoms with van der Waals surface area (Å²) in [5, 5.41) is 4.57. The van der Waals surface area contributed by atoms with E-state index < -0.39 is 0 Å². The average Bonchev–Trinajstić information content (AvgIpc) is 3.09. The summed E-state index contributed by atoms with van der Waals surface area (Å²) in [7, 11) is 1.70. The lowest BCUT2D eigenvalue weighted by Crippen LogP contribution is -3.14. The molecule has 0 bridgehead atoms. The van der Waals surface area contributed by atoms with Crippen LogP contribution < -0.4 is 14.5 Å². The molecular weight excluding hydrogens is 382 g/mol. The molecule has 2 aromatic carbocycles. The third-order valence-electron chi connectivity index (χ3n) is 5.63. The standard InChI is InChI=1S/C22H27N5OS/c1-17-4-9-21(18(2)14-17)26-15-23-27(22(26)29)16-24-10-12-25(13-11-24)19-5-7-20(28-3)8-6-19/h4-9,14-15H,10-13,16H2,1-3H3/p+1. The number of hydrogen-bond acceptors (Lipinski definition) is 4. The Labute approximate surface area is 176 Å². The van der Waals surface area contributed by atoms with Gasteiger partial charge < -0.3 is 14.5 Å². The van der Waals surface area contributed by atoms with Crippen molar-refractivity contribution in [3.8, 4) is 11.4 Å². The van der Waals surface area contributed by atoms with E-state index in [-0.39, 0.29) is 0 Å². The van der Waals surface area contributed by atoms with E-state index in [2.05, 4.69) is 54.2 Å². The van der Waals surface area contributed by atoms with Gasteiger partial charge in [-0.1, -0.05) is 17.7 Å². The van der Waals surface area contributed by atoms with Gasteiger partial charge in [0.05, 0.1) is 39.0 Å². The highest BCUT2D eigenvalue weighted by Gasteiger charge is 2.21. The van der Waals surface area contributed by atoms with Crippen LogP contribution in [-0.4, -0.2) is 47.6 Å². The van der Waals surface area contributed by atoms with Gasteiger partial charge in [-0.3, -0.25) is 4.57 Å². The fraction of sp³-hybridized carbons (Fsp3) is 0.364. The molecule has 2 heterocycles. The lowest BCUT2D eigenvalue weighted by Gasteiger charge is -2.33. The van der Waals surface area contributed by atoms with Crippen LogP contribution in [0.5, 0.6) is 5.75 Å². The van der Waals surface area contributed by atoms with Crippen molar-refractivity contribution in [3.05, 3.63) is 64.7 Å². The zero-order valence-electron chi connectivity index (χ0n) is 17.3. The number of methoxy groups -OCH3 is 1. The molecule has 1 aromatic heterocycles. The number of aryl methyl sites for hydroxylation is 2. The first-order valence-electron chi connectivity index (χ1n) is 10.00. The molecule has 0 unspecified atom stereocenters. The van der Waals surface area contributed by atoms with Crippen molar-refractivity contribution < 1.29 is 9.64 Å². The molecule has 0 radical (unpaired) electrons. The van der Waals surface area contributed by atoms with Gasteiger partial charge in [-0.2, -0.15) is 9.78 Å². The summed E-state index contributed by atoms with van der Waals surface area (Å²) in [6.45, 7) is 9.18. The highest BCUT2D eigenvalue weighted by molar-refractivity contribution is 7.71. The molecule has 29 heavy (non-hydrogen) atoms. The highest BCUT2D eigenvalue weighted by atomic mass is 32.1. The van der Waals surface area contributed by atoms with Gasteiger partial charge in [0.15, 0.2) is 6.67 Å². The number of aromatic nitrogens is 3. The Balaban J connectivity index is 1.41. The smallest absolute Gasteiger partial charge is 0.207 e. The third-order valence-corrected chi connectivity index (χ3v) is 6.03. The molecule has 1 aliphatic heterocycles. The van der Waals surface area contributed by atoms with E-state index in [0.717, 1.165) is 49.1 Å². The van der Waals surface area contributed by atoms with Crippen LogP contribution in [0.2, 0.25) is 0 Å². The second-order valence-electron chi connectivity index (χ2n) is 7.67. The van der Waals surface area contributed by atoms with E-state index in [4.69, 9.17) is 17.0 Å². The molecule has 1 saturated heterocycles. The maximum atomic E-state index is 5.72. The lowest BCUT2D eigenvalue weighted by molar-refractivity contribution is -0.924. The fourth-order valence-electron chi connectivity index (χ4n) is 3.93. The monoisotopic (exact) mass is 410 g/mol. The molecule has 3 aromatic rings. The van der Waals surface area contributed by atoms with Crippen LogP contribution in [0.4, 0.5) is 5.69 Å². The van der Waals surface area contributed by atoms with E-state index in [1.54, 1.807) is 7.11 Å². The minimum absolute atomic E-state index is 0.752. The summed E-state index contributed by atoms with van der Waals surface area (Å²) in [6, 6.07) is 14.7. The molecule has 6 nitrogen and oxygen atoms in total. The van der Waals surface area contributed by atoms with Crippen LogP contribution in [0.1, 0.15) is 11.1 Å². The number of hydrogen-bond donors (Lipinski definition) is 1. The Morgan fingerprint density at radius 3 is 2.45 bits per heavy atom. The number of quaternary nitrogens is 1. The Bertz CT molecular complexity index is 1030. The number of ether oxygens (including phenoxy) is 1. The van der Waals surface area contributed by atoms with Crippen LogP contribution in [0.3, 0.4) is 0 Å². The second kappa shape index (κ2) is 8.39. The van der Waals surface area contributed by atoms with E-state index in [1.165, 1.54) is 21.7 Å². The van der Waals surface area contributed by atoms with Crippen LogP contribution >= 0.6 is 12.2 Å². The molecular formula is C22H28N5OS+. The molecule has 1 aliphatic rings. The first kappa shape index (κ1) is 19.7. The van der Waals surface area contributed by atoms with Gasteiger partial charge in [0.1, 0.15) is 12.1 Å². The predicted octanol–water partition coefficient (Wildman–Crippen LogP) is 2.39. The van der Waals surface area contributed by atoms with Crippen molar-refractivity contribution in [2.45, 2.75) is 20.5 Å². The SMILES string of the molecule is COc1ccc(N2CC[NH+](Cn3ncn(-c4ccc(C)cc4C)c3=S)CC2)cc1. The third kappa shape index (κ3) is 4.21. The van der Waals surface area contributed by atoms with Gasteiger partial charge in [-0.25, -0.2) is 0 Å². The topological polar surface area (TPSA) is 39.7 Å². The van der Waals surface area contributed by atoms with Crippen molar-refractivity contribution in [1.29, 1.82) is 0 Å². The van der Waals surface area contributed by atoms with Crippen LogP contribution in [0, 0.1) is 18.6 Å². The highest BCUT2D eigenvalue weighted by Crippen LogP contribution is 2.19. The molecule has 152 valence electrons. The largest absolute Gasteiger partial charge is 0.497 e. The summed E-state index contributed by atoms with van der Waals surface area (Å²) in [5.41, 5.74) is 4.82. The number of anilines is 1. The molecule has 4 rings (SSSR count). The van der Waals surface area contributed by atoms with Crippen molar-refractivity contribution in [1.82, 2.24) is 14.3 Å². The number of nitrogens with zero attached hydrogens (tertiary/aromatic N) is 4. The molecule has 0 saturated carbocycles. The molecule has 7 heteroatoms. The predicted molar refractivity (Wildman–Crippen MR) is 118 cm³/mol. The molecule has 0 aliphatic carbocycles. The maximum Gasteiger partial charge on any atom is 0.207 e. The number of benzene rings is 2. The van der Waals surface area contributed by atoms with Crippen molar-refractivity contribution >= 4 is 17.9 Å². The first-order chi connectivity index (χ1) is 14.0. The van der Waals surface area contributed by atoms with Gasteiger partial charge in [0.25, 0.3) is 0 Å². The zero-order valence-corrected chi connectivity index (χ0v) is 18.1. The van der Waals surface area contributed by atoms with Gasteiger partial charge in [0, 0.05) is 5.69 Å². The summed E-state index contributed by atoms with van der Waals surface area (Å²) in [4.78, 5) is 3.92. The van der Waals surface area contributed by atoms with Crippen LogP contribution in [0.15, 0.2) is 48.8 Å². The van der Waals surface area contributed by atoms with E-state index >= 15 is 0 Å². The van der Waals surface area contributed by atoms with Crippen LogP contribution in [0.25, 0.3) is 5.69 Å². The Hall–Kier alpha value is -2.64. The van der Waals surface area contributed by atoms with E-state index in [1.807, 2.05) is 27.7 Å². The normalized spacial score (nSPS) is 14.9. The average molecular weight is 411 g/mol. The summed E-state index contributed by atoms with van der Waals surface area (Å²) in [6.07, 6.45) is 1.84. The molecule has 0 amide bonds. The molecule has 1 fully saturated rings. The quantitative estimate of drug-likeness (QED) is 0.656. The molecule has 0 atom stereocenters. The number of rotatable bonds is 5. The van der Waals surface area contributed by atoms with E-state index in [0.29, 0.717) is 0 Å². The molecule has 0 spiro atoms.